The number of ether oxygens (including phenoxy) is 1. The van der Waals surface area contributed by atoms with Crippen molar-refractivity contribution in [3.63, 3.8) is 0 Å². The normalized spacial score (nSPS) is 23.2. The first-order valence-electron chi connectivity index (χ1n) is 7.78. The van der Waals surface area contributed by atoms with E-state index in [0.29, 0.717) is 17.9 Å². The van der Waals surface area contributed by atoms with Crippen molar-refractivity contribution in [2.75, 3.05) is 6.61 Å². The molecule has 104 valence electrons. The average Bonchev–Trinajstić information content (AvgIpc) is 2.42. The van der Waals surface area contributed by atoms with Crippen LogP contribution in [0.5, 0.6) is 0 Å². The molecule has 0 N–H and O–H groups in total. The molecule has 0 bridgehead atoms. The van der Waals surface area contributed by atoms with Gasteiger partial charge in [0.15, 0.2) is 0 Å². The van der Waals surface area contributed by atoms with Crippen LogP contribution in [0, 0.1) is 0 Å². The lowest BCUT2D eigenvalue weighted by molar-refractivity contribution is 0.179. The Morgan fingerprint density at radius 3 is 1.78 bits per heavy atom. The van der Waals surface area contributed by atoms with Crippen LogP contribution in [0.3, 0.4) is 0 Å². The minimum atomic E-state index is -0.525. The zero-order chi connectivity index (χ0) is 12.8. The Kier molecular flexibility index (Phi) is 5.95. The van der Waals surface area contributed by atoms with Gasteiger partial charge in [0, 0.05) is 7.92 Å². The van der Waals surface area contributed by atoms with Gasteiger partial charge in [-0.15, -0.1) is 0 Å². The second kappa shape index (κ2) is 7.48. The highest BCUT2D eigenvalue weighted by Crippen LogP contribution is 2.56. The standard InChI is InChI=1S/C15H27O2P/c1-2-17-15(16)18(13-9-5-3-6-10-13)14-11-7-4-8-12-14/h13-14H,2-12H2,1H3. The van der Waals surface area contributed by atoms with Gasteiger partial charge in [-0.1, -0.05) is 38.5 Å². The molecule has 0 spiro atoms. The van der Waals surface area contributed by atoms with Crippen LogP contribution in [-0.2, 0) is 4.74 Å². The fraction of sp³-hybridized carbons (Fsp3) is 0.933. The highest BCUT2D eigenvalue weighted by atomic mass is 31.1. The fourth-order valence-corrected chi connectivity index (χ4v) is 6.83. The summed E-state index contributed by atoms with van der Waals surface area (Å²) >= 11 is 0. The van der Waals surface area contributed by atoms with Crippen LogP contribution in [0.4, 0.5) is 4.79 Å². The summed E-state index contributed by atoms with van der Waals surface area (Å²) in [6.45, 7) is 2.49. The van der Waals surface area contributed by atoms with Crippen molar-refractivity contribution in [3.8, 4) is 0 Å². The van der Waals surface area contributed by atoms with E-state index in [1.807, 2.05) is 6.92 Å². The van der Waals surface area contributed by atoms with Gasteiger partial charge < -0.3 is 4.74 Å². The molecule has 2 saturated carbocycles. The number of hydrogen-bond acceptors (Lipinski definition) is 2. The van der Waals surface area contributed by atoms with Crippen molar-refractivity contribution in [1.82, 2.24) is 0 Å². The molecule has 0 unspecified atom stereocenters. The summed E-state index contributed by atoms with van der Waals surface area (Å²) in [5, 5.41) is 0. The van der Waals surface area contributed by atoms with Gasteiger partial charge in [0.25, 0.3) is 0 Å². The Morgan fingerprint density at radius 1 is 0.944 bits per heavy atom. The number of hydrogen-bond donors (Lipinski definition) is 0. The van der Waals surface area contributed by atoms with Crippen molar-refractivity contribution >= 4 is 13.6 Å². The molecule has 0 aliphatic heterocycles. The van der Waals surface area contributed by atoms with Gasteiger partial charge in [0.1, 0.15) is 0 Å². The van der Waals surface area contributed by atoms with Crippen molar-refractivity contribution in [3.05, 3.63) is 0 Å². The smallest absolute Gasteiger partial charge is 0.326 e. The molecule has 0 saturated heterocycles. The van der Waals surface area contributed by atoms with Crippen LogP contribution in [-0.4, -0.2) is 23.6 Å². The minimum Gasteiger partial charge on any atom is -0.463 e. The second-order valence-corrected chi connectivity index (χ2v) is 8.33. The third-order valence-corrected chi connectivity index (χ3v) is 7.57. The molecule has 2 nitrogen and oxygen atoms in total. The van der Waals surface area contributed by atoms with Gasteiger partial charge in [-0.05, 0) is 43.9 Å². The lowest BCUT2D eigenvalue weighted by atomic mass is 9.99. The summed E-state index contributed by atoms with van der Waals surface area (Å²) in [6, 6.07) is 0. The highest BCUT2D eigenvalue weighted by molar-refractivity contribution is 7.75. The Balaban J connectivity index is 2.02. The van der Waals surface area contributed by atoms with E-state index in [9.17, 15) is 4.79 Å². The Morgan fingerprint density at radius 2 is 1.39 bits per heavy atom. The molecule has 2 aliphatic carbocycles. The Hall–Kier alpha value is -0.100. The van der Waals surface area contributed by atoms with Crippen LogP contribution >= 0.6 is 7.92 Å². The summed E-state index contributed by atoms with van der Waals surface area (Å²) in [7, 11) is -0.525. The minimum absolute atomic E-state index is 0.172. The van der Waals surface area contributed by atoms with Crippen molar-refractivity contribution in [2.45, 2.75) is 82.4 Å². The van der Waals surface area contributed by atoms with Gasteiger partial charge >= 0.3 is 5.71 Å². The zero-order valence-electron chi connectivity index (χ0n) is 11.7. The van der Waals surface area contributed by atoms with E-state index in [1.54, 1.807) is 0 Å². The summed E-state index contributed by atoms with van der Waals surface area (Å²) in [5.41, 5.74) is 1.53. The highest BCUT2D eigenvalue weighted by Gasteiger charge is 2.36. The predicted octanol–water partition coefficient (Wildman–Crippen LogP) is 5.29. The third kappa shape index (κ3) is 3.70. The molecule has 0 amide bonds. The maximum Gasteiger partial charge on any atom is 0.326 e. The fourth-order valence-electron chi connectivity index (χ4n) is 3.51. The maximum atomic E-state index is 12.3. The van der Waals surface area contributed by atoms with Crippen LogP contribution in [0.2, 0.25) is 0 Å². The van der Waals surface area contributed by atoms with E-state index < -0.39 is 7.92 Å². The van der Waals surface area contributed by atoms with Crippen LogP contribution in [0.1, 0.15) is 71.1 Å². The SMILES string of the molecule is CCOC(=O)P(C1CCCCC1)C1CCCCC1. The molecule has 0 aromatic heterocycles. The Bertz CT molecular complexity index is 237. The molecule has 0 aromatic rings. The van der Waals surface area contributed by atoms with Crippen LogP contribution < -0.4 is 0 Å². The van der Waals surface area contributed by atoms with Gasteiger partial charge in [-0.25, -0.2) is 4.79 Å². The van der Waals surface area contributed by atoms with Crippen molar-refractivity contribution in [2.24, 2.45) is 0 Å². The van der Waals surface area contributed by atoms with E-state index in [1.165, 1.54) is 64.2 Å². The molecule has 3 heteroatoms. The molecular formula is C15H27O2P. The molecule has 0 atom stereocenters. The van der Waals surface area contributed by atoms with E-state index in [2.05, 4.69) is 0 Å². The largest absolute Gasteiger partial charge is 0.463 e. The molecule has 2 rings (SSSR count). The van der Waals surface area contributed by atoms with Crippen LogP contribution in [0.15, 0.2) is 0 Å². The molecule has 0 aromatic carbocycles. The average molecular weight is 270 g/mol. The molecular weight excluding hydrogens is 243 g/mol. The predicted molar refractivity (Wildman–Crippen MR) is 77.7 cm³/mol. The molecule has 0 radical (unpaired) electrons. The molecule has 0 heterocycles. The van der Waals surface area contributed by atoms with Gasteiger partial charge in [0.2, 0.25) is 0 Å². The second-order valence-electron chi connectivity index (χ2n) is 5.69. The number of rotatable bonds is 4. The summed E-state index contributed by atoms with van der Waals surface area (Å²) < 4.78 is 5.40. The topological polar surface area (TPSA) is 26.3 Å². The van der Waals surface area contributed by atoms with E-state index >= 15 is 0 Å². The summed E-state index contributed by atoms with van der Waals surface area (Å²) in [4.78, 5) is 12.3. The first-order valence-corrected chi connectivity index (χ1v) is 9.26. The van der Waals surface area contributed by atoms with Crippen LogP contribution in [0.25, 0.3) is 0 Å². The summed E-state index contributed by atoms with van der Waals surface area (Å²) in [5.74, 6) is 0. The zero-order valence-corrected chi connectivity index (χ0v) is 12.6. The molecule has 2 aliphatic rings. The number of carbonyl (C=O) groups excluding carboxylic acids is 1. The molecule has 18 heavy (non-hydrogen) atoms. The Labute approximate surface area is 113 Å². The summed E-state index contributed by atoms with van der Waals surface area (Å²) in [6.07, 6.45) is 13.2. The molecule has 2 fully saturated rings. The lowest BCUT2D eigenvalue weighted by Gasteiger charge is -2.36. The van der Waals surface area contributed by atoms with Crippen molar-refractivity contribution in [1.29, 1.82) is 0 Å². The monoisotopic (exact) mass is 270 g/mol. The maximum absolute atomic E-state index is 12.3. The van der Waals surface area contributed by atoms with Gasteiger partial charge in [-0.2, -0.15) is 0 Å². The number of carbonyl (C=O) groups is 1. The van der Waals surface area contributed by atoms with Crippen molar-refractivity contribution < 1.29 is 9.53 Å². The quantitative estimate of drug-likeness (QED) is 0.649. The lowest BCUT2D eigenvalue weighted by Crippen LogP contribution is -2.24. The first-order chi connectivity index (χ1) is 8.83. The third-order valence-electron chi connectivity index (χ3n) is 4.41. The van der Waals surface area contributed by atoms with E-state index in [-0.39, 0.29) is 5.71 Å². The van der Waals surface area contributed by atoms with Gasteiger partial charge in [0.05, 0.1) is 6.61 Å². The first kappa shape index (κ1) is 14.3. The van der Waals surface area contributed by atoms with E-state index in [0.717, 1.165) is 0 Å². The van der Waals surface area contributed by atoms with E-state index in [4.69, 9.17) is 4.74 Å². The van der Waals surface area contributed by atoms with Gasteiger partial charge in [-0.3, -0.25) is 0 Å².